The van der Waals surface area contributed by atoms with Crippen molar-refractivity contribution in [1.29, 1.82) is 0 Å². The number of rotatable bonds is 19. The summed E-state index contributed by atoms with van der Waals surface area (Å²) < 4.78 is 18.7. The van der Waals surface area contributed by atoms with E-state index >= 15 is 9.59 Å². The third-order valence-electron chi connectivity index (χ3n) is 10.9. The fourth-order valence-electron chi connectivity index (χ4n) is 9.26. The van der Waals surface area contributed by atoms with Crippen LogP contribution < -0.4 is 5.32 Å². The highest BCUT2D eigenvalue weighted by atomic mass is 79.9. The van der Waals surface area contributed by atoms with Gasteiger partial charge in [-0.3, -0.25) is 19.2 Å². The van der Waals surface area contributed by atoms with E-state index in [0.29, 0.717) is 31.2 Å². The van der Waals surface area contributed by atoms with Gasteiger partial charge < -0.3 is 34.4 Å². The average molecular weight is 817 g/mol. The number of carbonyl (C=O) groups excluding carboxylic acids is 4. The number of nitrogens with one attached hydrogen (secondary N) is 1. The van der Waals surface area contributed by atoms with Gasteiger partial charge in [-0.15, -0.1) is 13.2 Å². The highest BCUT2D eigenvalue weighted by molar-refractivity contribution is 9.09. The van der Waals surface area contributed by atoms with Crippen LogP contribution in [-0.4, -0.2) is 106 Å². The summed E-state index contributed by atoms with van der Waals surface area (Å²) in [5.41, 5.74) is -1.50. The van der Waals surface area contributed by atoms with Crippen LogP contribution in [-0.2, 0) is 33.4 Å². The van der Waals surface area contributed by atoms with Crippen LogP contribution in [0.3, 0.4) is 0 Å². The first-order chi connectivity index (χ1) is 25.4. The molecule has 1 aromatic rings. The molecule has 0 aromatic heterocycles. The summed E-state index contributed by atoms with van der Waals surface area (Å²) in [6.07, 6.45) is 3.70. The zero-order chi connectivity index (χ0) is 40.2. The Morgan fingerprint density at radius 1 is 1.15 bits per heavy atom. The molecule has 1 aromatic carbocycles. The van der Waals surface area contributed by atoms with Crippen LogP contribution in [0.15, 0.2) is 55.6 Å². The minimum atomic E-state index is -1.37. The number of methoxy groups -OCH3 is 1. The number of hydrogen-bond acceptors (Lipinski definition) is 8. The zero-order valence-electron chi connectivity index (χ0n) is 33.4. The number of amides is 3. The Balaban J connectivity index is 1.81. The minimum Gasteiger partial charge on any atom is -0.455 e. The molecule has 4 rings (SSSR count). The highest BCUT2D eigenvalue weighted by Crippen LogP contribution is 2.61. The number of allylic oxidation sites excluding steroid dienone is 1. The van der Waals surface area contributed by atoms with Gasteiger partial charge in [0.2, 0.25) is 17.7 Å². The van der Waals surface area contributed by atoms with Crippen molar-refractivity contribution in [3.8, 4) is 0 Å². The normalized spacial score (nSPS) is 26.6. The van der Waals surface area contributed by atoms with Gasteiger partial charge in [-0.2, -0.15) is 0 Å². The summed E-state index contributed by atoms with van der Waals surface area (Å²) in [5, 5.41) is 13.8. The molecule has 54 heavy (non-hydrogen) atoms. The van der Waals surface area contributed by atoms with Gasteiger partial charge in [0.05, 0.1) is 43.2 Å². The van der Waals surface area contributed by atoms with Crippen molar-refractivity contribution < 1.29 is 38.5 Å². The molecule has 9 atom stereocenters. The van der Waals surface area contributed by atoms with Crippen LogP contribution >= 0.6 is 15.9 Å². The van der Waals surface area contributed by atoms with Gasteiger partial charge in [0.25, 0.3) is 0 Å². The lowest BCUT2D eigenvalue weighted by Crippen LogP contribution is -2.62. The van der Waals surface area contributed by atoms with Gasteiger partial charge >= 0.3 is 5.97 Å². The molecule has 0 saturated carbocycles. The maximum atomic E-state index is 15.3. The second-order valence-corrected chi connectivity index (χ2v) is 18.6. The van der Waals surface area contributed by atoms with E-state index in [1.807, 2.05) is 58.0 Å². The molecule has 3 saturated heterocycles. The van der Waals surface area contributed by atoms with Crippen LogP contribution in [0.4, 0.5) is 0 Å². The molecule has 1 unspecified atom stereocenters. The number of ether oxygens (including phenoxy) is 3. The Hall–Kier alpha value is -3.06. The van der Waals surface area contributed by atoms with Crippen molar-refractivity contribution >= 4 is 39.6 Å². The highest BCUT2D eigenvalue weighted by Gasteiger charge is 2.78. The van der Waals surface area contributed by atoms with E-state index in [1.165, 1.54) is 12.0 Å². The monoisotopic (exact) mass is 815 g/mol. The molecule has 11 nitrogen and oxygen atoms in total. The third kappa shape index (κ3) is 9.14. The number of likely N-dealkylation sites (tertiary alicyclic amines) is 1. The fourth-order valence-corrected chi connectivity index (χ4v) is 10.2. The Morgan fingerprint density at radius 2 is 1.81 bits per heavy atom. The van der Waals surface area contributed by atoms with Gasteiger partial charge in [0, 0.05) is 30.4 Å². The lowest BCUT2D eigenvalue weighted by atomic mass is 9.70. The van der Waals surface area contributed by atoms with Crippen LogP contribution in [0.2, 0.25) is 0 Å². The molecule has 300 valence electrons. The van der Waals surface area contributed by atoms with Gasteiger partial charge in [-0.1, -0.05) is 93.0 Å². The Morgan fingerprint density at radius 3 is 2.37 bits per heavy atom. The first-order valence-corrected chi connectivity index (χ1v) is 20.1. The maximum absolute atomic E-state index is 15.3. The van der Waals surface area contributed by atoms with Crippen LogP contribution in [0, 0.1) is 23.2 Å². The quantitative estimate of drug-likeness (QED) is 0.103. The van der Waals surface area contributed by atoms with Crippen molar-refractivity contribution in [2.24, 2.45) is 23.2 Å². The molecular formula is C42H62BrN3O8. The number of esters is 1. The molecule has 0 radical (unpaired) electrons. The second-order valence-electron chi connectivity index (χ2n) is 17.4. The predicted octanol–water partition coefficient (Wildman–Crippen LogP) is 5.75. The predicted molar refractivity (Wildman–Crippen MR) is 211 cm³/mol. The van der Waals surface area contributed by atoms with Crippen LogP contribution in [0.1, 0.15) is 92.2 Å². The summed E-state index contributed by atoms with van der Waals surface area (Å²) in [7, 11) is 1.51. The lowest BCUT2D eigenvalue weighted by molar-refractivity contribution is -0.164. The van der Waals surface area contributed by atoms with E-state index in [1.54, 1.807) is 17.1 Å². The Bertz CT molecular complexity index is 1510. The number of carbonyl (C=O) groups is 4. The smallest absolute Gasteiger partial charge is 0.313 e. The van der Waals surface area contributed by atoms with Crippen molar-refractivity contribution in [3.63, 3.8) is 0 Å². The molecule has 2 bridgehead atoms. The molecular weight excluding hydrogens is 754 g/mol. The number of nitrogens with zero attached hydrogens (tertiary/aromatic N) is 2. The van der Waals surface area contributed by atoms with Gasteiger partial charge in [0.15, 0.2) is 0 Å². The maximum Gasteiger partial charge on any atom is 0.313 e. The molecule has 3 aliphatic rings. The standard InChI is InChI=1S/C42H62BrN3O8/c1-11-13-19-31(48)44-30(24-52-10)34(27-17-15-14-16-18-27)53-39(51)32-33-37(49)46(28(23-47)21-26(3)4)36(42(33)22-29(43)35(32)54-42)38(50)45(20-12-2)41(8,9)25-40(5,6)7/h11-12,14-18,26,28-30,32-36,47H,1-2,13,19-25H2,3-10H3,(H,44,48)/t28-,29?,30+,32-,33+,34+,35-,36-,42+/m1/s1. The largest absolute Gasteiger partial charge is 0.455 e. The van der Waals surface area contributed by atoms with E-state index in [4.69, 9.17) is 14.2 Å². The van der Waals surface area contributed by atoms with E-state index < -0.39 is 65.2 Å². The number of aliphatic hydroxyl groups is 1. The molecule has 3 aliphatic heterocycles. The van der Waals surface area contributed by atoms with Gasteiger partial charge in [0.1, 0.15) is 17.7 Å². The summed E-state index contributed by atoms with van der Waals surface area (Å²) in [5.74, 6) is -3.66. The lowest BCUT2D eigenvalue weighted by Gasteiger charge is -2.46. The fraction of sp³-hybridized carbons (Fsp3) is 0.667. The van der Waals surface area contributed by atoms with Crippen molar-refractivity contribution in [2.75, 3.05) is 26.9 Å². The Labute approximate surface area is 330 Å². The molecule has 1 spiro atoms. The number of alkyl halides is 1. The van der Waals surface area contributed by atoms with Crippen molar-refractivity contribution in [1.82, 2.24) is 15.1 Å². The third-order valence-corrected chi connectivity index (χ3v) is 11.7. The van der Waals surface area contributed by atoms with E-state index in [9.17, 15) is 14.7 Å². The summed E-state index contributed by atoms with van der Waals surface area (Å²) in [4.78, 5) is 60.9. The summed E-state index contributed by atoms with van der Waals surface area (Å²) in [6.45, 7) is 22.0. The van der Waals surface area contributed by atoms with E-state index in [2.05, 4.69) is 55.2 Å². The zero-order valence-corrected chi connectivity index (χ0v) is 35.0. The van der Waals surface area contributed by atoms with Gasteiger partial charge in [-0.05, 0) is 56.4 Å². The van der Waals surface area contributed by atoms with E-state index in [-0.39, 0.29) is 54.2 Å². The van der Waals surface area contributed by atoms with Gasteiger partial charge in [-0.25, -0.2) is 0 Å². The minimum absolute atomic E-state index is 0.0475. The summed E-state index contributed by atoms with van der Waals surface area (Å²) in [6, 6.07) is 6.55. The number of fused-ring (bicyclic) bond motifs is 1. The first kappa shape index (κ1) is 43.7. The topological polar surface area (TPSA) is 135 Å². The number of halogens is 1. The Kier molecular flexibility index (Phi) is 14.4. The SMILES string of the molecule is C=CCCC(=O)N[C@@H](COC)[C@@H](OC(=O)[C@H]1[C@@H]2O[C@@]3(CC2Br)[C@@H]1C(=O)N([C@@H](CO)CC(C)C)[C@@H]3C(=O)N(CC=C)C(C)(C)CC(C)(C)C)c1ccccc1. The second kappa shape index (κ2) is 17.8. The first-order valence-electron chi connectivity index (χ1n) is 19.2. The molecule has 3 heterocycles. The average Bonchev–Trinajstić information content (AvgIpc) is 3.69. The molecule has 3 amide bonds. The van der Waals surface area contributed by atoms with Crippen LogP contribution in [0.25, 0.3) is 0 Å². The number of hydrogen-bond donors (Lipinski definition) is 2. The van der Waals surface area contributed by atoms with Crippen molar-refractivity contribution in [3.05, 3.63) is 61.2 Å². The molecule has 3 fully saturated rings. The van der Waals surface area contributed by atoms with Crippen molar-refractivity contribution in [2.45, 2.75) is 127 Å². The molecule has 12 heteroatoms. The number of aliphatic hydroxyl groups excluding tert-OH is 1. The van der Waals surface area contributed by atoms with Crippen LogP contribution in [0.5, 0.6) is 0 Å². The molecule has 0 aliphatic carbocycles. The van der Waals surface area contributed by atoms with E-state index in [0.717, 1.165) is 0 Å². The summed E-state index contributed by atoms with van der Waals surface area (Å²) >= 11 is 3.78. The molecule has 2 N–H and O–H groups in total. The number of benzene rings is 1.